The van der Waals surface area contributed by atoms with Gasteiger partial charge in [0.1, 0.15) is 0 Å². The second kappa shape index (κ2) is 4.95. The van der Waals surface area contributed by atoms with E-state index in [9.17, 15) is 14.4 Å². The van der Waals surface area contributed by atoms with E-state index in [1.165, 1.54) is 16.7 Å². The molecule has 0 aromatic carbocycles. The van der Waals surface area contributed by atoms with Gasteiger partial charge in [-0.3, -0.25) is 0 Å². The molecule has 0 aromatic heterocycles. The van der Waals surface area contributed by atoms with Gasteiger partial charge in [-0.1, -0.05) is 0 Å². The number of rotatable bonds is 4. The fourth-order valence-electron chi connectivity index (χ4n) is 3.72. The van der Waals surface area contributed by atoms with Gasteiger partial charge in [0, 0.05) is 0 Å². The van der Waals surface area contributed by atoms with Crippen LogP contribution in [0.3, 0.4) is 0 Å². The second-order valence-electron chi connectivity index (χ2n) is 5.83. The summed E-state index contributed by atoms with van der Waals surface area (Å²) in [6, 6.07) is 0. The van der Waals surface area contributed by atoms with Gasteiger partial charge < -0.3 is 0 Å². The van der Waals surface area contributed by atoms with Crippen LogP contribution in [0.15, 0.2) is 22.3 Å². The van der Waals surface area contributed by atoms with Crippen molar-refractivity contribution in [2.75, 3.05) is 0 Å². The van der Waals surface area contributed by atoms with Crippen molar-refractivity contribution in [1.29, 1.82) is 0 Å². The third-order valence-corrected chi connectivity index (χ3v) is 10.9. The molecule has 0 bridgehead atoms. The third kappa shape index (κ3) is 1.71. The van der Waals surface area contributed by atoms with Crippen LogP contribution in [0.1, 0.15) is 46.5 Å². The molecular weight excluding hydrogens is 276 g/mol. The summed E-state index contributed by atoms with van der Waals surface area (Å²) in [5, 5.41) is 0. The van der Waals surface area contributed by atoms with E-state index in [-0.39, 0.29) is 0 Å². The predicted octanol–water partition coefficient (Wildman–Crippen LogP) is 3.11. The molecule has 0 saturated carbocycles. The number of allylic oxidation sites excluding steroid dienone is 4. The fraction of sp³-hybridized carbons (Fsp3) is 0.533. The maximum absolute atomic E-state index is 11.6. The first-order chi connectivity index (χ1) is 8.98. The van der Waals surface area contributed by atoms with Crippen LogP contribution in [0.2, 0.25) is 3.72 Å². The fourth-order valence-corrected chi connectivity index (χ4v) is 7.64. The van der Waals surface area contributed by atoms with E-state index in [0.29, 0.717) is 13.8 Å². The van der Waals surface area contributed by atoms with Gasteiger partial charge in [0.05, 0.1) is 0 Å². The Bertz CT molecular complexity index is 494. The van der Waals surface area contributed by atoms with Crippen LogP contribution in [0.4, 0.5) is 0 Å². The third-order valence-electron chi connectivity index (χ3n) is 5.29. The molecule has 0 amide bonds. The van der Waals surface area contributed by atoms with Crippen LogP contribution in [-0.2, 0) is 31.0 Å². The zero-order valence-electron chi connectivity index (χ0n) is 11.8. The molecule has 2 aliphatic rings. The summed E-state index contributed by atoms with van der Waals surface area (Å²) in [4.78, 5) is 34.8. The second-order valence-corrected chi connectivity index (χ2v) is 11.4. The van der Waals surface area contributed by atoms with Crippen LogP contribution in [0, 0.1) is 0 Å². The summed E-state index contributed by atoms with van der Waals surface area (Å²) in [5.41, 5.74) is 4.80. The van der Waals surface area contributed by atoms with Crippen molar-refractivity contribution >= 4 is 13.8 Å². The zero-order valence-corrected chi connectivity index (χ0v) is 13.3. The summed E-state index contributed by atoms with van der Waals surface area (Å²) >= 11 is -3.87. The summed E-state index contributed by atoms with van der Waals surface area (Å²) in [6.45, 7) is 6.01. The normalized spacial score (nSPS) is 27.3. The maximum atomic E-state index is 11.6. The predicted molar refractivity (Wildman–Crippen MR) is 72.5 cm³/mol. The summed E-state index contributed by atoms with van der Waals surface area (Å²) in [7, 11) is 0. The molecule has 102 valence electrons. The van der Waals surface area contributed by atoms with Crippen LogP contribution >= 0.6 is 0 Å². The number of hydrogen-bond donors (Lipinski definition) is 0. The van der Waals surface area contributed by atoms with E-state index in [1.54, 1.807) is 0 Å². The van der Waals surface area contributed by atoms with Gasteiger partial charge in [0.25, 0.3) is 0 Å². The van der Waals surface area contributed by atoms with Crippen LogP contribution < -0.4 is 0 Å². The molecule has 0 fully saturated rings. The summed E-state index contributed by atoms with van der Waals surface area (Å²) < 4.78 is 1.55. The summed E-state index contributed by atoms with van der Waals surface area (Å²) in [6.07, 6.45) is 4.18. The molecule has 4 heteroatoms. The minimum atomic E-state index is -3.87. The minimum absolute atomic E-state index is 0.578. The molecule has 0 aromatic rings. The summed E-state index contributed by atoms with van der Waals surface area (Å²) in [5.74, 6) is 0. The zero-order chi connectivity index (χ0) is 14.3. The molecule has 0 aliphatic heterocycles. The molecule has 0 N–H and O–H groups in total. The quantitative estimate of drug-likeness (QED) is 0.591. The average molecular weight is 296 g/mol. The molecule has 0 spiro atoms. The van der Waals surface area contributed by atoms with Crippen molar-refractivity contribution < 1.29 is 31.0 Å². The Labute approximate surface area is 117 Å². The van der Waals surface area contributed by atoms with E-state index >= 15 is 0 Å². The van der Waals surface area contributed by atoms with Gasteiger partial charge in [-0.2, -0.15) is 0 Å². The monoisotopic (exact) mass is 296 g/mol. The van der Waals surface area contributed by atoms with Crippen molar-refractivity contribution in [3.05, 3.63) is 22.3 Å². The van der Waals surface area contributed by atoms with Gasteiger partial charge in [-0.15, -0.1) is 0 Å². The van der Waals surface area contributed by atoms with Gasteiger partial charge >= 0.3 is 117 Å². The van der Waals surface area contributed by atoms with Crippen molar-refractivity contribution in [3.8, 4) is 0 Å². The Kier molecular flexibility index (Phi) is 3.81. The molecule has 1 unspecified atom stereocenters. The van der Waals surface area contributed by atoms with Crippen LogP contribution in [0.5, 0.6) is 0 Å². The van der Waals surface area contributed by atoms with Gasteiger partial charge in [0.2, 0.25) is 0 Å². The SMILES string of the molecule is CC1=C(C)[C](C)([Ti]([CH]=O)([CH]=O)[CH]=O)C2=C1CCCC2. The molecule has 0 heterocycles. The van der Waals surface area contributed by atoms with Gasteiger partial charge in [-0.05, 0) is 0 Å². The van der Waals surface area contributed by atoms with Crippen molar-refractivity contribution in [2.24, 2.45) is 0 Å². The molecule has 2 rings (SSSR count). The van der Waals surface area contributed by atoms with Crippen molar-refractivity contribution in [2.45, 2.75) is 50.2 Å². The number of carbonyl (C=O) groups is 3. The molecule has 3 nitrogen and oxygen atoms in total. The van der Waals surface area contributed by atoms with Crippen LogP contribution in [0.25, 0.3) is 0 Å². The molecule has 19 heavy (non-hydrogen) atoms. The van der Waals surface area contributed by atoms with Gasteiger partial charge in [-0.25, -0.2) is 0 Å². The topological polar surface area (TPSA) is 51.2 Å². The number of carbonyl (C=O) groups excluding carboxylic acids is 3. The molecule has 2 aliphatic carbocycles. The van der Waals surface area contributed by atoms with Gasteiger partial charge in [0.15, 0.2) is 0 Å². The Morgan fingerprint density at radius 1 is 1.00 bits per heavy atom. The van der Waals surface area contributed by atoms with E-state index < -0.39 is 20.3 Å². The van der Waals surface area contributed by atoms with Crippen molar-refractivity contribution in [3.63, 3.8) is 0 Å². The first-order valence-corrected chi connectivity index (χ1v) is 10.3. The van der Waals surface area contributed by atoms with Crippen LogP contribution in [-0.4, -0.2) is 13.8 Å². The van der Waals surface area contributed by atoms with E-state index in [2.05, 4.69) is 6.92 Å². The van der Waals surface area contributed by atoms with E-state index in [1.807, 2.05) is 13.8 Å². The molecule has 1 atom stereocenters. The molecule has 0 radical (unpaired) electrons. The first kappa shape index (κ1) is 14.6. The van der Waals surface area contributed by atoms with Crippen molar-refractivity contribution in [1.82, 2.24) is 0 Å². The van der Waals surface area contributed by atoms with E-state index in [0.717, 1.165) is 31.3 Å². The average Bonchev–Trinajstić information content (AvgIpc) is 2.65. The molecule has 0 saturated heterocycles. The number of hydrogen-bond acceptors (Lipinski definition) is 3. The Morgan fingerprint density at radius 2 is 1.53 bits per heavy atom. The standard InChI is InChI=1S/C12H17.3CHO.Ti/c1-8-9(2)11-6-4-5-7-12(11)10(8)3;3*1-2;/h4-7H2,1-3H3;3*1H;. The Hall–Kier alpha value is -0.796. The Balaban J connectivity index is 2.71. The van der Waals surface area contributed by atoms with E-state index in [4.69, 9.17) is 0 Å². The first-order valence-electron chi connectivity index (χ1n) is 6.78. The molecular formula is C15H20O3Ti. The Morgan fingerprint density at radius 3 is 2.05 bits per heavy atom.